The van der Waals surface area contributed by atoms with E-state index in [0.29, 0.717) is 30.8 Å². The Morgan fingerprint density at radius 1 is 1.44 bits per heavy atom. The number of amides is 2. The first-order valence-corrected chi connectivity index (χ1v) is 4.86. The summed E-state index contributed by atoms with van der Waals surface area (Å²) in [5.41, 5.74) is 0.929. The molecule has 0 spiro atoms. The molecule has 0 heterocycles. The van der Waals surface area contributed by atoms with E-state index in [1.54, 1.807) is 31.4 Å². The number of rotatable bonds is 6. The second kappa shape index (κ2) is 6.58. The highest BCUT2D eigenvalue weighted by Gasteiger charge is 2.09. The maximum atomic E-state index is 11.7. The number of para-hydroxylation sites is 1. The smallest absolute Gasteiger partial charge is 0.253 e. The number of carbonyl (C=O) groups is 2. The van der Waals surface area contributed by atoms with Gasteiger partial charge in [0.1, 0.15) is 0 Å². The Labute approximate surface area is 93.8 Å². The number of nitrogens with one attached hydrogen (secondary N) is 2. The van der Waals surface area contributed by atoms with Crippen LogP contribution in [0.2, 0.25) is 0 Å². The predicted octanol–water partition coefficient (Wildman–Crippen LogP) is 0.631. The van der Waals surface area contributed by atoms with Gasteiger partial charge < -0.3 is 15.4 Å². The van der Waals surface area contributed by atoms with Crippen LogP contribution >= 0.6 is 0 Å². The van der Waals surface area contributed by atoms with E-state index in [1.807, 2.05) is 0 Å². The summed E-state index contributed by atoms with van der Waals surface area (Å²) in [6, 6.07) is 6.80. The molecule has 1 aromatic carbocycles. The standard InChI is InChI=1S/C11H14N2O3/c1-16-7-6-12-11(15)9-4-2-3-5-10(9)13-8-14/h2-5,8H,6-7H2,1H3,(H,12,15)(H,13,14). The Bertz CT molecular complexity index is 366. The third-order valence-corrected chi connectivity index (χ3v) is 1.98. The fraction of sp³-hybridized carbons (Fsp3) is 0.273. The van der Waals surface area contributed by atoms with E-state index in [2.05, 4.69) is 10.6 Å². The molecule has 16 heavy (non-hydrogen) atoms. The van der Waals surface area contributed by atoms with Gasteiger partial charge in [-0.2, -0.15) is 0 Å². The van der Waals surface area contributed by atoms with Crippen molar-refractivity contribution < 1.29 is 14.3 Å². The van der Waals surface area contributed by atoms with E-state index in [-0.39, 0.29) is 5.91 Å². The van der Waals surface area contributed by atoms with Crippen LogP contribution in [0, 0.1) is 0 Å². The predicted molar refractivity (Wildman–Crippen MR) is 60.3 cm³/mol. The summed E-state index contributed by atoms with van der Waals surface area (Å²) in [6.45, 7) is 0.889. The van der Waals surface area contributed by atoms with Crippen molar-refractivity contribution >= 4 is 18.0 Å². The number of methoxy groups -OCH3 is 1. The van der Waals surface area contributed by atoms with Crippen LogP contribution in [0.1, 0.15) is 10.4 Å². The van der Waals surface area contributed by atoms with Crippen LogP contribution < -0.4 is 10.6 Å². The molecule has 0 aliphatic rings. The zero-order chi connectivity index (χ0) is 11.8. The molecule has 86 valence electrons. The minimum atomic E-state index is -0.234. The van der Waals surface area contributed by atoms with Gasteiger partial charge in [0.05, 0.1) is 17.9 Å². The van der Waals surface area contributed by atoms with Crippen molar-refractivity contribution in [3.05, 3.63) is 29.8 Å². The van der Waals surface area contributed by atoms with Crippen LogP contribution in [-0.4, -0.2) is 32.6 Å². The van der Waals surface area contributed by atoms with E-state index in [4.69, 9.17) is 4.74 Å². The van der Waals surface area contributed by atoms with Gasteiger partial charge in [-0.1, -0.05) is 12.1 Å². The van der Waals surface area contributed by atoms with E-state index in [0.717, 1.165) is 0 Å². The highest BCUT2D eigenvalue weighted by atomic mass is 16.5. The molecule has 0 radical (unpaired) electrons. The Morgan fingerprint density at radius 3 is 2.88 bits per heavy atom. The van der Waals surface area contributed by atoms with Gasteiger partial charge in [-0.3, -0.25) is 9.59 Å². The molecule has 0 aliphatic carbocycles. The van der Waals surface area contributed by atoms with Crippen LogP contribution in [0.3, 0.4) is 0 Å². The summed E-state index contributed by atoms with van der Waals surface area (Å²) in [4.78, 5) is 22.0. The van der Waals surface area contributed by atoms with E-state index in [1.165, 1.54) is 0 Å². The molecule has 1 aromatic rings. The van der Waals surface area contributed by atoms with Crippen LogP contribution in [-0.2, 0) is 9.53 Å². The first-order valence-electron chi connectivity index (χ1n) is 4.86. The van der Waals surface area contributed by atoms with Crippen LogP contribution in [0.15, 0.2) is 24.3 Å². The number of hydrogen-bond donors (Lipinski definition) is 2. The van der Waals surface area contributed by atoms with Gasteiger partial charge in [-0.25, -0.2) is 0 Å². The molecular weight excluding hydrogens is 208 g/mol. The zero-order valence-electron chi connectivity index (χ0n) is 9.03. The lowest BCUT2D eigenvalue weighted by Gasteiger charge is -2.08. The maximum absolute atomic E-state index is 11.7. The van der Waals surface area contributed by atoms with Crippen molar-refractivity contribution in [3.63, 3.8) is 0 Å². The second-order valence-electron chi connectivity index (χ2n) is 3.06. The van der Waals surface area contributed by atoms with Gasteiger partial charge in [0.15, 0.2) is 0 Å². The van der Waals surface area contributed by atoms with Crippen molar-refractivity contribution in [2.24, 2.45) is 0 Å². The topological polar surface area (TPSA) is 67.4 Å². The SMILES string of the molecule is COCCNC(=O)c1ccccc1NC=O. The normalized spacial score (nSPS) is 9.56. The Kier molecular flexibility index (Phi) is 5.01. The molecule has 0 saturated carbocycles. The van der Waals surface area contributed by atoms with Crippen molar-refractivity contribution in [2.75, 3.05) is 25.6 Å². The highest BCUT2D eigenvalue weighted by molar-refractivity contribution is 6.01. The number of carbonyl (C=O) groups excluding carboxylic acids is 2. The minimum absolute atomic E-state index is 0.234. The fourth-order valence-electron chi connectivity index (χ4n) is 1.23. The largest absolute Gasteiger partial charge is 0.383 e. The van der Waals surface area contributed by atoms with Gasteiger partial charge in [0, 0.05) is 13.7 Å². The summed E-state index contributed by atoms with van der Waals surface area (Å²) in [6.07, 6.45) is 0.543. The number of benzene rings is 1. The molecule has 1 rings (SSSR count). The molecule has 0 bridgehead atoms. The van der Waals surface area contributed by atoms with Gasteiger partial charge in [0.25, 0.3) is 5.91 Å². The summed E-state index contributed by atoms with van der Waals surface area (Å²) < 4.78 is 4.82. The van der Waals surface area contributed by atoms with Crippen LogP contribution in [0.5, 0.6) is 0 Å². The van der Waals surface area contributed by atoms with E-state index >= 15 is 0 Å². The lowest BCUT2D eigenvalue weighted by atomic mass is 10.1. The second-order valence-corrected chi connectivity index (χ2v) is 3.06. The van der Waals surface area contributed by atoms with Gasteiger partial charge >= 0.3 is 0 Å². The van der Waals surface area contributed by atoms with E-state index < -0.39 is 0 Å². The molecule has 0 unspecified atom stereocenters. The third-order valence-electron chi connectivity index (χ3n) is 1.98. The highest BCUT2D eigenvalue weighted by Crippen LogP contribution is 2.13. The lowest BCUT2D eigenvalue weighted by Crippen LogP contribution is -2.27. The number of hydrogen-bond acceptors (Lipinski definition) is 3. The van der Waals surface area contributed by atoms with Gasteiger partial charge in [-0.15, -0.1) is 0 Å². The van der Waals surface area contributed by atoms with Crippen molar-refractivity contribution in [1.82, 2.24) is 5.32 Å². The summed E-state index contributed by atoms with van der Waals surface area (Å²) in [5, 5.41) is 5.15. The Morgan fingerprint density at radius 2 is 2.19 bits per heavy atom. The lowest BCUT2D eigenvalue weighted by molar-refractivity contribution is -0.105. The van der Waals surface area contributed by atoms with Crippen molar-refractivity contribution in [1.29, 1.82) is 0 Å². The molecule has 5 heteroatoms. The average molecular weight is 222 g/mol. The first-order chi connectivity index (χ1) is 7.79. The average Bonchev–Trinajstić information content (AvgIpc) is 2.30. The molecule has 0 atom stereocenters. The molecule has 0 aromatic heterocycles. The van der Waals surface area contributed by atoms with Crippen molar-refractivity contribution in [3.8, 4) is 0 Å². The summed E-state index contributed by atoms with van der Waals surface area (Å²) >= 11 is 0. The van der Waals surface area contributed by atoms with Crippen LogP contribution in [0.25, 0.3) is 0 Å². The van der Waals surface area contributed by atoms with Gasteiger partial charge in [0.2, 0.25) is 6.41 Å². The fourth-order valence-corrected chi connectivity index (χ4v) is 1.23. The minimum Gasteiger partial charge on any atom is -0.383 e. The summed E-state index contributed by atoms with van der Waals surface area (Å²) in [5.74, 6) is -0.234. The molecule has 2 amide bonds. The van der Waals surface area contributed by atoms with E-state index in [9.17, 15) is 9.59 Å². The monoisotopic (exact) mass is 222 g/mol. The number of ether oxygens (including phenoxy) is 1. The molecule has 0 saturated heterocycles. The van der Waals surface area contributed by atoms with Gasteiger partial charge in [-0.05, 0) is 12.1 Å². The maximum Gasteiger partial charge on any atom is 0.253 e. The molecule has 0 aliphatic heterocycles. The first kappa shape index (κ1) is 12.2. The third kappa shape index (κ3) is 3.36. The molecule has 5 nitrogen and oxygen atoms in total. The summed E-state index contributed by atoms with van der Waals surface area (Å²) in [7, 11) is 1.56. The van der Waals surface area contributed by atoms with Crippen LogP contribution in [0.4, 0.5) is 5.69 Å². The quantitative estimate of drug-likeness (QED) is 0.548. The Balaban J connectivity index is 2.69. The Hall–Kier alpha value is -1.88. The van der Waals surface area contributed by atoms with Crippen molar-refractivity contribution in [2.45, 2.75) is 0 Å². The molecular formula is C11H14N2O3. The zero-order valence-corrected chi connectivity index (χ0v) is 9.03. The molecule has 0 fully saturated rings. The molecule has 2 N–H and O–H groups in total. The number of anilines is 1.